The number of hydrogen-bond acceptors (Lipinski definition) is 6. The van der Waals surface area contributed by atoms with Gasteiger partial charge in [0.2, 0.25) is 23.7 Å². The van der Waals surface area contributed by atoms with Gasteiger partial charge >= 0.3 is 0 Å². The normalized spacial score (nSPS) is 19.6. The van der Waals surface area contributed by atoms with E-state index in [1.807, 2.05) is 30.3 Å². The van der Waals surface area contributed by atoms with Gasteiger partial charge in [-0.05, 0) is 56.5 Å². The van der Waals surface area contributed by atoms with Crippen LogP contribution in [-0.2, 0) is 20.8 Å². The van der Waals surface area contributed by atoms with Gasteiger partial charge in [-0.2, -0.15) is 4.99 Å². The predicted molar refractivity (Wildman–Crippen MR) is 153 cm³/mol. The molecular formula is C30H30ClFN6O3. The van der Waals surface area contributed by atoms with E-state index in [9.17, 15) is 18.8 Å². The van der Waals surface area contributed by atoms with Crippen molar-refractivity contribution in [3.8, 4) is 0 Å². The van der Waals surface area contributed by atoms with E-state index < -0.39 is 29.6 Å². The van der Waals surface area contributed by atoms with Gasteiger partial charge in [-0.15, -0.1) is 0 Å². The van der Waals surface area contributed by atoms with Crippen LogP contribution in [0.2, 0.25) is 5.02 Å². The first-order valence-corrected chi connectivity index (χ1v) is 13.9. The number of aliphatic imine (C=N–C) groups is 1. The first-order chi connectivity index (χ1) is 19.7. The minimum atomic E-state index is -1.12. The molecule has 2 fully saturated rings. The van der Waals surface area contributed by atoms with Gasteiger partial charge in [0.25, 0.3) is 5.95 Å². The van der Waals surface area contributed by atoms with Crippen molar-refractivity contribution in [3.63, 3.8) is 0 Å². The lowest BCUT2D eigenvalue weighted by atomic mass is 9.81. The molecule has 2 aliphatic rings. The summed E-state index contributed by atoms with van der Waals surface area (Å²) in [7, 11) is 0. The van der Waals surface area contributed by atoms with Crippen LogP contribution in [0.25, 0.3) is 0 Å². The van der Waals surface area contributed by atoms with Crippen molar-refractivity contribution in [1.82, 2.24) is 20.2 Å². The zero-order chi connectivity index (χ0) is 29.1. The van der Waals surface area contributed by atoms with Crippen LogP contribution in [0.1, 0.15) is 42.6 Å². The summed E-state index contributed by atoms with van der Waals surface area (Å²) >= 11 is 5.97. The number of carbonyl (C=O) groups excluding carboxylic acids is 3. The lowest BCUT2D eigenvalue weighted by Crippen LogP contribution is -2.53. The van der Waals surface area contributed by atoms with Gasteiger partial charge in [0.1, 0.15) is 11.9 Å². The molecule has 11 heteroatoms. The summed E-state index contributed by atoms with van der Waals surface area (Å²) in [4.78, 5) is 55.2. The van der Waals surface area contributed by atoms with E-state index in [2.05, 4.69) is 25.6 Å². The van der Waals surface area contributed by atoms with Crippen molar-refractivity contribution in [2.75, 3.05) is 5.32 Å². The van der Waals surface area contributed by atoms with Gasteiger partial charge in [-0.3, -0.25) is 24.6 Å². The largest absolute Gasteiger partial charge is 0.326 e. The van der Waals surface area contributed by atoms with Crippen molar-refractivity contribution in [2.24, 2.45) is 16.8 Å². The van der Waals surface area contributed by atoms with Crippen LogP contribution < -0.4 is 10.6 Å². The molecule has 41 heavy (non-hydrogen) atoms. The van der Waals surface area contributed by atoms with E-state index in [1.165, 1.54) is 18.2 Å². The summed E-state index contributed by atoms with van der Waals surface area (Å²) in [5.41, 5.74) is 2.48. The van der Waals surface area contributed by atoms with E-state index in [1.54, 1.807) is 19.9 Å². The first kappa shape index (κ1) is 28.4. The van der Waals surface area contributed by atoms with E-state index in [4.69, 9.17) is 11.6 Å². The molecule has 1 saturated carbocycles. The molecule has 5 rings (SSSR count). The standard InChI is InChI=1S/C30H30ClFN6O3/c1-17-14-18(2)34-29(33-17)37-30(35-20-12-13-24(32)23(31)16-20)36-26(39)25(15-19-8-4-3-5-9-19)38-27(40)21-10-6-7-11-22(21)28(38)41/h3-5,8-9,12-14,16,21-22,25H,6-7,10-11,15H2,1-2H3,(H2,33,34,35,36,37,39)/t21-,22-,25-/m0/s1. The smallest absolute Gasteiger partial charge is 0.253 e. The molecule has 0 unspecified atom stereocenters. The van der Waals surface area contributed by atoms with Crippen LogP contribution >= 0.6 is 11.6 Å². The average molecular weight is 577 g/mol. The van der Waals surface area contributed by atoms with Gasteiger partial charge < -0.3 is 5.32 Å². The Labute approximate surface area is 242 Å². The molecule has 1 saturated heterocycles. The monoisotopic (exact) mass is 576 g/mol. The molecule has 0 radical (unpaired) electrons. The number of benzene rings is 2. The number of nitrogens with one attached hydrogen (secondary N) is 2. The maximum Gasteiger partial charge on any atom is 0.253 e. The Morgan fingerprint density at radius 1 is 1.02 bits per heavy atom. The molecule has 9 nitrogen and oxygen atoms in total. The summed E-state index contributed by atoms with van der Waals surface area (Å²) in [6.45, 7) is 3.58. The highest BCUT2D eigenvalue weighted by molar-refractivity contribution is 6.31. The van der Waals surface area contributed by atoms with Crippen LogP contribution in [0, 0.1) is 31.5 Å². The highest BCUT2D eigenvalue weighted by atomic mass is 35.5. The van der Waals surface area contributed by atoms with Gasteiger partial charge in [0.15, 0.2) is 0 Å². The summed E-state index contributed by atoms with van der Waals surface area (Å²) in [5, 5.41) is 5.57. The number of carbonyl (C=O) groups is 3. The summed E-state index contributed by atoms with van der Waals surface area (Å²) < 4.78 is 13.8. The van der Waals surface area contributed by atoms with E-state index in [0.29, 0.717) is 29.9 Å². The van der Waals surface area contributed by atoms with E-state index in [-0.39, 0.29) is 35.2 Å². The second kappa shape index (κ2) is 12.1. The number of aromatic nitrogens is 2. The molecule has 0 spiro atoms. The third kappa shape index (κ3) is 6.43. The number of aryl methyl sites for hydroxylation is 2. The van der Waals surface area contributed by atoms with Crippen LogP contribution in [-0.4, -0.2) is 44.6 Å². The maximum absolute atomic E-state index is 14.0. The summed E-state index contributed by atoms with van der Waals surface area (Å²) in [6, 6.07) is 13.8. The zero-order valence-corrected chi connectivity index (χ0v) is 23.5. The van der Waals surface area contributed by atoms with Crippen LogP contribution in [0.4, 0.5) is 16.0 Å². The Balaban J connectivity index is 1.50. The van der Waals surface area contributed by atoms with Crippen LogP contribution in [0.15, 0.2) is 59.6 Å². The van der Waals surface area contributed by atoms with Crippen LogP contribution in [0.3, 0.4) is 0 Å². The number of rotatable bonds is 6. The minimum absolute atomic E-state index is 0.0720. The molecule has 3 amide bonds. The highest BCUT2D eigenvalue weighted by Crippen LogP contribution is 2.39. The molecular weight excluding hydrogens is 547 g/mol. The van der Waals surface area contributed by atoms with Crippen molar-refractivity contribution in [3.05, 3.63) is 82.4 Å². The number of nitrogens with zero attached hydrogens (tertiary/aromatic N) is 4. The number of amides is 3. The Bertz CT molecular complexity index is 1470. The third-order valence-corrected chi connectivity index (χ3v) is 7.66. The summed E-state index contributed by atoms with van der Waals surface area (Å²) in [6.07, 6.45) is 3.14. The topological polar surface area (TPSA) is 117 Å². The van der Waals surface area contributed by atoms with Gasteiger partial charge in [-0.1, -0.05) is 54.8 Å². The second-order valence-electron chi connectivity index (χ2n) is 10.4. The van der Waals surface area contributed by atoms with Gasteiger partial charge in [0, 0.05) is 23.5 Å². The second-order valence-corrected chi connectivity index (χ2v) is 10.8. The number of anilines is 1. The van der Waals surface area contributed by atoms with E-state index >= 15 is 0 Å². The molecule has 2 heterocycles. The first-order valence-electron chi connectivity index (χ1n) is 13.5. The lowest BCUT2D eigenvalue weighted by Gasteiger charge is -2.26. The lowest BCUT2D eigenvalue weighted by molar-refractivity contribution is -0.147. The molecule has 212 valence electrons. The molecule has 3 atom stereocenters. The average Bonchev–Trinajstić information content (AvgIpc) is 3.19. The quantitative estimate of drug-likeness (QED) is 0.245. The number of halogens is 2. The number of guanidine groups is 1. The molecule has 2 aromatic carbocycles. The van der Waals surface area contributed by atoms with Crippen molar-refractivity contribution in [1.29, 1.82) is 0 Å². The highest BCUT2D eigenvalue weighted by Gasteiger charge is 2.51. The number of hydrogen-bond donors (Lipinski definition) is 2. The molecule has 1 aliphatic carbocycles. The molecule has 1 aromatic heterocycles. The maximum atomic E-state index is 14.0. The Morgan fingerprint density at radius 2 is 1.66 bits per heavy atom. The molecule has 0 bridgehead atoms. The molecule has 3 aromatic rings. The van der Waals surface area contributed by atoms with Crippen LogP contribution in [0.5, 0.6) is 0 Å². The number of fused-ring (bicyclic) bond motifs is 1. The Kier molecular flexibility index (Phi) is 8.39. The van der Waals surface area contributed by atoms with Crippen molar-refractivity contribution >= 4 is 46.9 Å². The SMILES string of the molecule is Cc1cc(C)nc(N=C(NC(=O)[C@H](Cc2ccccc2)N2C(=O)[C@H]3CCCC[C@@H]3C2=O)Nc2ccc(F)c(Cl)c2)n1. The molecule has 2 N–H and O–H groups in total. The van der Waals surface area contributed by atoms with E-state index in [0.717, 1.165) is 23.3 Å². The Morgan fingerprint density at radius 3 is 2.27 bits per heavy atom. The van der Waals surface area contributed by atoms with Crippen molar-refractivity contribution in [2.45, 2.75) is 52.0 Å². The fraction of sp³-hybridized carbons (Fsp3) is 0.333. The van der Waals surface area contributed by atoms with Gasteiger partial charge in [0.05, 0.1) is 16.9 Å². The fourth-order valence-corrected chi connectivity index (χ4v) is 5.67. The zero-order valence-electron chi connectivity index (χ0n) is 22.7. The van der Waals surface area contributed by atoms with Crippen molar-refractivity contribution < 1.29 is 18.8 Å². The summed E-state index contributed by atoms with van der Waals surface area (Å²) in [5.74, 6) is -2.65. The molecule has 1 aliphatic heterocycles. The predicted octanol–water partition coefficient (Wildman–Crippen LogP) is 4.89. The Hall–Kier alpha value is -4.18. The number of imide groups is 1. The number of likely N-dealkylation sites (tertiary alicyclic amines) is 1. The van der Waals surface area contributed by atoms with Gasteiger partial charge in [-0.25, -0.2) is 14.4 Å². The fourth-order valence-electron chi connectivity index (χ4n) is 5.49. The third-order valence-electron chi connectivity index (χ3n) is 7.37. The minimum Gasteiger partial charge on any atom is -0.326 e.